The minimum absolute atomic E-state index is 0.0814. The molecule has 0 aromatic heterocycles. The second-order valence-corrected chi connectivity index (χ2v) is 11.5. The van der Waals surface area contributed by atoms with E-state index in [0.717, 1.165) is 24.8 Å². The zero-order chi connectivity index (χ0) is 13.1. The molecule has 0 bridgehead atoms. The molecule has 1 unspecified atom stereocenters. The van der Waals surface area contributed by atoms with Crippen molar-refractivity contribution in [2.24, 2.45) is 0 Å². The normalized spacial score (nSPS) is 21.8. The first-order valence-corrected chi connectivity index (χ1v) is 9.48. The van der Waals surface area contributed by atoms with E-state index in [1.165, 1.54) is 6.42 Å². The van der Waals surface area contributed by atoms with E-state index in [-0.39, 0.29) is 11.3 Å². The van der Waals surface area contributed by atoms with Gasteiger partial charge in [-0.2, -0.15) is 0 Å². The van der Waals surface area contributed by atoms with Gasteiger partial charge in [0.25, 0.3) is 0 Å². The summed E-state index contributed by atoms with van der Waals surface area (Å²) in [7, 11) is -1.68. The molecule has 0 amide bonds. The highest BCUT2D eigenvalue weighted by Gasteiger charge is 2.41. The third-order valence-corrected chi connectivity index (χ3v) is 9.17. The fourth-order valence-corrected chi connectivity index (χ4v) is 3.24. The Labute approximate surface area is 107 Å². The molecule has 3 heteroatoms. The van der Waals surface area contributed by atoms with Gasteiger partial charge in [-0.05, 0) is 17.9 Å². The van der Waals surface area contributed by atoms with Crippen molar-refractivity contribution in [3.8, 4) is 0 Å². The SMILES string of the molecule is C=C=C(OC1CCCCO1)[Si](C)(C)C(C)(C)C. The first-order chi connectivity index (χ1) is 7.79. The van der Waals surface area contributed by atoms with Gasteiger partial charge in [0.15, 0.2) is 6.29 Å². The van der Waals surface area contributed by atoms with Gasteiger partial charge in [0, 0.05) is 6.42 Å². The van der Waals surface area contributed by atoms with E-state index in [9.17, 15) is 0 Å². The van der Waals surface area contributed by atoms with Crippen molar-refractivity contribution in [3.63, 3.8) is 0 Å². The number of rotatable bonds is 3. The predicted molar refractivity (Wildman–Crippen MR) is 74.5 cm³/mol. The maximum Gasteiger partial charge on any atom is 0.199 e. The van der Waals surface area contributed by atoms with Crippen LogP contribution in [-0.2, 0) is 9.47 Å². The van der Waals surface area contributed by atoms with E-state index in [4.69, 9.17) is 9.47 Å². The molecular formula is C14H26O2Si. The average Bonchev–Trinajstić information content (AvgIpc) is 2.25. The molecule has 17 heavy (non-hydrogen) atoms. The second-order valence-electron chi connectivity index (χ2n) is 6.29. The Hall–Kier alpha value is -0.503. The summed E-state index contributed by atoms with van der Waals surface area (Å²) in [5.74, 6) is 0. The van der Waals surface area contributed by atoms with Gasteiger partial charge >= 0.3 is 0 Å². The summed E-state index contributed by atoms with van der Waals surface area (Å²) < 4.78 is 11.6. The molecule has 0 N–H and O–H groups in total. The molecular weight excluding hydrogens is 228 g/mol. The van der Waals surface area contributed by atoms with Crippen LogP contribution in [0.3, 0.4) is 0 Å². The molecule has 1 aliphatic rings. The van der Waals surface area contributed by atoms with E-state index >= 15 is 0 Å². The van der Waals surface area contributed by atoms with Gasteiger partial charge in [0.1, 0.15) is 13.5 Å². The van der Waals surface area contributed by atoms with Gasteiger partial charge in [-0.25, -0.2) is 0 Å². The van der Waals surface area contributed by atoms with Gasteiger partial charge in [0.2, 0.25) is 0 Å². The largest absolute Gasteiger partial charge is 0.466 e. The summed E-state index contributed by atoms with van der Waals surface area (Å²) in [5.41, 5.74) is 3.02. The van der Waals surface area contributed by atoms with Crippen LogP contribution >= 0.6 is 0 Å². The zero-order valence-corrected chi connectivity index (χ0v) is 12.9. The molecule has 1 aliphatic heterocycles. The molecule has 0 aromatic rings. The molecule has 1 atom stereocenters. The van der Waals surface area contributed by atoms with Crippen LogP contribution < -0.4 is 0 Å². The smallest absolute Gasteiger partial charge is 0.199 e. The fraction of sp³-hybridized carbons (Fsp3) is 0.786. The van der Waals surface area contributed by atoms with Crippen molar-refractivity contribution in [3.05, 3.63) is 17.7 Å². The lowest BCUT2D eigenvalue weighted by atomic mass is 10.2. The summed E-state index contributed by atoms with van der Waals surface area (Å²) >= 11 is 0. The van der Waals surface area contributed by atoms with Crippen LogP contribution in [0.4, 0.5) is 0 Å². The van der Waals surface area contributed by atoms with Crippen LogP contribution in [0.25, 0.3) is 0 Å². The standard InChI is InChI=1S/C14H26O2Si/c1-7-13(17(5,6)14(2,3)4)16-12-10-8-9-11-15-12/h12H,1,8-11H2,2-6H3. The van der Waals surface area contributed by atoms with Gasteiger partial charge in [0.05, 0.1) is 6.61 Å². The van der Waals surface area contributed by atoms with E-state index in [2.05, 4.69) is 46.2 Å². The maximum absolute atomic E-state index is 6.01. The summed E-state index contributed by atoms with van der Waals surface area (Å²) in [6.45, 7) is 16.0. The lowest BCUT2D eigenvalue weighted by Gasteiger charge is -2.38. The molecule has 98 valence electrons. The molecule has 1 rings (SSSR count). The Kier molecular flexibility index (Phi) is 4.65. The van der Waals surface area contributed by atoms with Gasteiger partial charge in [-0.1, -0.05) is 46.2 Å². The summed E-state index contributed by atoms with van der Waals surface area (Å²) in [6.07, 6.45) is 3.24. The topological polar surface area (TPSA) is 18.5 Å². The van der Waals surface area contributed by atoms with Crippen molar-refractivity contribution < 1.29 is 9.47 Å². The Morgan fingerprint density at radius 3 is 2.41 bits per heavy atom. The fourth-order valence-electron chi connectivity index (χ4n) is 1.69. The molecule has 1 saturated heterocycles. The highest BCUT2D eigenvalue weighted by atomic mass is 28.3. The predicted octanol–water partition coefficient (Wildman–Crippen LogP) is 4.25. The maximum atomic E-state index is 6.01. The molecule has 0 saturated carbocycles. The highest BCUT2D eigenvalue weighted by Crippen LogP contribution is 2.41. The molecule has 0 radical (unpaired) electrons. The van der Waals surface area contributed by atoms with E-state index in [0.29, 0.717) is 0 Å². The minimum Gasteiger partial charge on any atom is -0.466 e. The molecule has 0 aromatic carbocycles. The monoisotopic (exact) mass is 254 g/mol. The second kappa shape index (κ2) is 5.43. The summed E-state index contributed by atoms with van der Waals surface area (Å²) in [6, 6.07) is 0. The summed E-state index contributed by atoms with van der Waals surface area (Å²) in [5, 5.41) is 1.19. The van der Waals surface area contributed by atoms with Crippen molar-refractivity contribution in [1.82, 2.24) is 0 Å². The third kappa shape index (κ3) is 3.48. The van der Waals surface area contributed by atoms with Crippen molar-refractivity contribution >= 4 is 8.07 Å². The van der Waals surface area contributed by atoms with Crippen LogP contribution in [0.5, 0.6) is 0 Å². The Morgan fingerprint density at radius 2 is 2.00 bits per heavy atom. The zero-order valence-electron chi connectivity index (χ0n) is 11.9. The van der Waals surface area contributed by atoms with Crippen molar-refractivity contribution in [2.75, 3.05) is 6.61 Å². The number of hydrogen-bond donors (Lipinski definition) is 0. The van der Waals surface area contributed by atoms with Gasteiger partial charge < -0.3 is 9.47 Å². The van der Waals surface area contributed by atoms with Crippen LogP contribution in [0, 0.1) is 0 Å². The first kappa shape index (κ1) is 14.6. The number of hydrogen-bond acceptors (Lipinski definition) is 2. The molecule has 0 aliphatic carbocycles. The lowest BCUT2D eigenvalue weighted by Crippen LogP contribution is -2.42. The lowest BCUT2D eigenvalue weighted by molar-refractivity contribution is -0.134. The Morgan fingerprint density at radius 1 is 1.35 bits per heavy atom. The minimum atomic E-state index is -1.68. The molecule has 1 fully saturated rings. The van der Waals surface area contributed by atoms with Crippen LogP contribution in [0.15, 0.2) is 17.7 Å². The van der Waals surface area contributed by atoms with E-state index in [1.807, 2.05) is 0 Å². The third-order valence-electron chi connectivity index (χ3n) is 3.99. The average molecular weight is 254 g/mol. The number of ether oxygens (including phenoxy) is 2. The van der Waals surface area contributed by atoms with Crippen LogP contribution in [-0.4, -0.2) is 21.0 Å². The van der Waals surface area contributed by atoms with Gasteiger partial charge in [-0.15, -0.1) is 0 Å². The van der Waals surface area contributed by atoms with Crippen molar-refractivity contribution in [2.45, 2.75) is 64.5 Å². The van der Waals surface area contributed by atoms with Gasteiger partial charge in [-0.3, -0.25) is 0 Å². The quantitative estimate of drug-likeness (QED) is 0.426. The molecule has 0 spiro atoms. The van der Waals surface area contributed by atoms with Crippen molar-refractivity contribution in [1.29, 1.82) is 0 Å². The van der Waals surface area contributed by atoms with Crippen LogP contribution in [0.1, 0.15) is 40.0 Å². The van der Waals surface area contributed by atoms with E-state index in [1.54, 1.807) is 0 Å². The van der Waals surface area contributed by atoms with E-state index < -0.39 is 8.07 Å². The Bertz CT molecular complexity index is 303. The Balaban J connectivity index is 2.75. The van der Waals surface area contributed by atoms with Crippen LogP contribution in [0.2, 0.25) is 18.1 Å². The summed E-state index contributed by atoms with van der Waals surface area (Å²) in [4.78, 5) is 0. The first-order valence-electron chi connectivity index (χ1n) is 6.48. The highest BCUT2D eigenvalue weighted by molar-refractivity contribution is 6.86. The molecule has 1 heterocycles. The molecule has 2 nitrogen and oxygen atoms in total.